The van der Waals surface area contributed by atoms with Crippen molar-refractivity contribution in [2.24, 2.45) is 0 Å². The SMILES string of the molecule is CC(=O)c1ccc(C(F)(F)F)c(F)c1F. The first-order valence-corrected chi connectivity index (χ1v) is 3.81. The first-order valence-electron chi connectivity index (χ1n) is 3.81. The molecule has 1 aromatic carbocycles. The van der Waals surface area contributed by atoms with Crippen LogP contribution in [0.4, 0.5) is 22.0 Å². The second-order valence-corrected chi connectivity index (χ2v) is 2.84. The van der Waals surface area contributed by atoms with Crippen LogP contribution in [0.1, 0.15) is 22.8 Å². The standard InChI is InChI=1S/C9H5F5O/c1-4(15)5-2-3-6(9(12,13)14)8(11)7(5)10/h2-3H,1H3. The molecule has 6 heteroatoms. The van der Waals surface area contributed by atoms with Crippen LogP contribution in [0.2, 0.25) is 0 Å². The van der Waals surface area contributed by atoms with Crippen LogP contribution in [0.25, 0.3) is 0 Å². The van der Waals surface area contributed by atoms with Gasteiger partial charge < -0.3 is 0 Å². The van der Waals surface area contributed by atoms with Crippen LogP contribution in [0, 0.1) is 11.6 Å². The molecule has 0 N–H and O–H groups in total. The third kappa shape index (κ3) is 2.14. The fourth-order valence-corrected chi connectivity index (χ4v) is 1.04. The molecule has 0 fully saturated rings. The predicted octanol–water partition coefficient (Wildman–Crippen LogP) is 3.19. The van der Waals surface area contributed by atoms with Crippen molar-refractivity contribution in [3.63, 3.8) is 0 Å². The van der Waals surface area contributed by atoms with Crippen molar-refractivity contribution in [3.8, 4) is 0 Å². The average Bonchev–Trinajstić information content (AvgIpc) is 2.06. The molecule has 0 spiro atoms. The highest BCUT2D eigenvalue weighted by atomic mass is 19.4. The quantitative estimate of drug-likeness (QED) is 0.528. The Bertz CT molecular complexity index is 408. The molecule has 15 heavy (non-hydrogen) atoms. The number of hydrogen-bond donors (Lipinski definition) is 0. The summed E-state index contributed by atoms with van der Waals surface area (Å²) in [7, 11) is 0. The van der Waals surface area contributed by atoms with Gasteiger partial charge in [0.05, 0.1) is 11.1 Å². The number of carbonyl (C=O) groups excluding carboxylic acids is 1. The number of carbonyl (C=O) groups is 1. The molecule has 0 unspecified atom stereocenters. The third-order valence-corrected chi connectivity index (χ3v) is 1.77. The lowest BCUT2D eigenvalue weighted by molar-refractivity contribution is -0.140. The fourth-order valence-electron chi connectivity index (χ4n) is 1.04. The maximum Gasteiger partial charge on any atom is 0.419 e. The average molecular weight is 224 g/mol. The highest BCUT2D eigenvalue weighted by Gasteiger charge is 2.36. The molecule has 0 atom stereocenters. The Balaban J connectivity index is 3.41. The molecule has 0 aliphatic rings. The summed E-state index contributed by atoms with van der Waals surface area (Å²) in [5.41, 5.74) is -2.41. The number of alkyl halides is 3. The Morgan fingerprint density at radius 2 is 1.67 bits per heavy atom. The number of benzene rings is 1. The van der Waals surface area contributed by atoms with E-state index >= 15 is 0 Å². The Morgan fingerprint density at radius 1 is 1.13 bits per heavy atom. The third-order valence-electron chi connectivity index (χ3n) is 1.77. The first kappa shape index (κ1) is 11.6. The summed E-state index contributed by atoms with van der Waals surface area (Å²) in [6, 6.07) is 0.957. The Hall–Kier alpha value is -1.46. The molecule has 0 aliphatic carbocycles. The maximum atomic E-state index is 12.9. The number of hydrogen-bond acceptors (Lipinski definition) is 1. The van der Waals surface area contributed by atoms with Gasteiger partial charge in [0.25, 0.3) is 0 Å². The predicted molar refractivity (Wildman–Crippen MR) is 41.4 cm³/mol. The molecule has 0 amide bonds. The molecule has 0 saturated heterocycles. The van der Waals surface area contributed by atoms with Gasteiger partial charge in [-0.3, -0.25) is 4.79 Å². The molecule has 0 radical (unpaired) electrons. The molecule has 0 saturated carbocycles. The van der Waals surface area contributed by atoms with Gasteiger partial charge in [-0.25, -0.2) is 8.78 Å². The Kier molecular flexibility index (Phi) is 2.79. The number of halogens is 5. The number of Topliss-reactive ketones (excluding diaryl/α,β-unsaturated/α-hetero) is 1. The monoisotopic (exact) mass is 224 g/mol. The van der Waals surface area contributed by atoms with Crippen molar-refractivity contribution in [1.82, 2.24) is 0 Å². The minimum Gasteiger partial charge on any atom is -0.294 e. The van der Waals surface area contributed by atoms with E-state index in [9.17, 15) is 26.7 Å². The van der Waals surface area contributed by atoms with E-state index in [0.717, 1.165) is 6.92 Å². The van der Waals surface area contributed by atoms with Gasteiger partial charge in [-0.2, -0.15) is 13.2 Å². The summed E-state index contributed by atoms with van der Waals surface area (Å²) < 4.78 is 62.0. The van der Waals surface area contributed by atoms with Gasteiger partial charge in [0.15, 0.2) is 17.4 Å². The van der Waals surface area contributed by atoms with E-state index in [-0.39, 0.29) is 0 Å². The number of ketones is 1. The smallest absolute Gasteiger partial charge is 0.294 e. The van der Waals surface area contributed by atoms with Gasteiger partial charge in [-0.1, -0.05) is 0 Å². The highest BCUT2D eigenvalue weighted by Crippen LogP contribution is 2.32. The minimum atomic E-state index is -4.97. The summed E-state index contributed by atoms with van der Waals surface area (Å²) in [4.78, 5) is 10.7. The molecule has 0 heterocycles. The second kappa shape index (κ2) is 3.60. The lowest BCUT2D eigenvalue weighted by atomic mass is 10.1. The van der Waals surface area contributed by atoms with Crippen LogP contribution in [-0.4, -0.2) is 5.78 Å². The van der Waals surface area contributed by atoms with Crippen LogP contribution in [0.5, 0.6) is 0 Å². The van der Waals surface area contributed by atoms with Crippen LogP contribution in [0.3, 0.4) is 0 Å². The molecular weight excluding hydrogens is 219 g/mol. The summed E-state index contributed by atoms with van der Waals surface area (Å²) in [5, 5.41) is 0. The van der Waals surface area contributed by atoms with E-state index in [0.29, 0.717) is 12.1 Å². The van der Waals surface area contributed by atoms with Crippen molar-refractivity contribution in [3.05, 3.63) is 34.9 Å². The molecule has 1 rings (SSSR count). The van der Waals surface area contributed by atoms with E-state index < -0.39 is 34.7 Å². The molecule has 1 aromatic rings. The van der Waals surface area contributed by atoms with Gasteiger partial charge in [0.2, 0.25) is 0 Å². The lowest BCUT2D eigenvalue weighted by Gasteiger charge is -2.09. The van der Waals surface area contributed by atoms with Gasteiger partial charge in [-0.15, -0.1) is 0 Å². The summed E-state index contributed by atoms with van der Waals surface area (Å²) in [6.45, 7) is 0.936. The van der Waals surface area contributed by atoms with Crippen LogP contribution < -0.4 is 0 Å². The van der Waals surface area contributed by atoms with E-state index in [1.807, 2.05) is 0 Å². The molecule has 1 nitrogen and oxygen atoms in total. The van der Waals surface area contributed by atoms with Crippen molar-refractivity contribution >= 4 is 5.78 Å². The molecule has 0 bridgehead atoms. The minimum absolute atomic E-state index is 0.342. The van der Waals surface area contributed by atoms with Crippen molar-refractivity contribution in [2.75, 3.05) is 0 Å². The molecule has 0 aliphatic heterocycles. The van der Waals surface area contributed by atoms with E-state index in [1.165, 1.54) is 0 Å². The Labute approximate surface area is 81.5 Å². The van der Waals surface area contributed by atoms with Gasteiger partial charge in [0, 0.05) is 0 Å². The maximum absolute atomic E-state index is 12.9. The number of rotatable bonds is 1. The van der Waals surface area contributed by atoms with Crippen LogP contribution in [0.15, 0.2) is 12.1 Å². The van der Waals surface area contributed by atoms with Gasteiger partial charge in [-0.05, 0) is 19.1 Å². The molecule has 82 valence electrons. The van der Waals surface area contributed by atoms with Gasteiger partial charge >= 0.3 is 6.18 Å². The highest BCUT2D eigenvalue weighted by molar-refractivity contribution is 5.94. The zero-order valence-corrected chi connectivity index (χ0v) is 7.45. The van der Waals surface area contributed by atoms with Crippen molar-refractivity contribution < 1.29 is 26.7 Å². The summed E-state index contributed by atoms with van der Waals surface area (Å²) >= 11 is 0. The second-order valence-electron chi connectivity index (χ2n) is 2.84. The van der Waals surface area contributed by atoms with Gasteiger partial charge in [0.1, 0.15) is 0 Å². The zero-order valence-electron chi connectivity index (χ0n) is 7.45. The van der Waals surface area contributed by atoms with Crippen molar-refractivity contribution in [2.45, 2.75) is 13.1 Å². The lowest BCUT2D eigenvalue weighted by Crippen LogP contribution is -2.12. The Morgan fingerprint density at radius 3 is 2.07 bits per heavy atom. The van der Waals surface area contributed by atoms with E-state index in [2.05, 4.69) is 0 Å². The van der Waals surface area contributed by atoms with E-state index in [4.69, 9.17) is 0 Å². The molecule has 0 aromatic heterocycles. The largest absolute Gasteiger partial charge is 0.419 e. The normalized spacial score (nSPS) is 11.6. The van der Waals surface area contributed by atoms with Crippen molar-refractivity contribution in [1.29, 1.82) is 0 Å². The first-order chi connectivity index (χ1) is 6.75. The molecular formula is C9H5F5O. The van der Waals surface area contributed by atoms with E-state index in [1.54, 1.807) is 0 Å². The summed E-state index contributed by atoms with van der Waals surface area (Å²) in [5.74, 6) is -4.65. The fraction of sp³-hybridized carbons (Fsp3) is 0.222. The topological polar surface area (TPSA) is 17.1 Å². The summed E-state index contributed by atoms with van der Waals surface area (Å²) in [6.07, 6.45) is -4.97. The van der Waals surface area contributed by atoms with Crippen LogP contribution >= 0.6 is 0 Å². The zero-order chi connectivity index (χ0) is 11.8. The van der Waals surface area contributed by atoms with Crippen LogP contribution in [-0.2, 0) is 6.18 Å².